The van der Waals surface area contributed by atoms with E-state index >= 15 is 0 Å². The van der Waals surface area contributed by atoms with Gasteiger partial charge in [0.15, 0.2) is 0 Å². The highest BCUT2D eigenvalue weighted by atomic mass is 16.3. The lowest BCUT2D eigenvalue weighted by molar-refractivity contribution is -0.144. The number of fused-ring (bicyclic) bond motifs is 1. The molecule has 0 aromatic carbocycles. The first kappa shape index (κ1) is 12.1. The molecular weight excluding hydrogens is 232 g/mol. The van der Waals surface area contributed by atoms with Gasteiger partial charge in [0.1, 0.15) is 0 Å². The molecule has 0 spiro atoms. The first-order chi connectivity index (χ1) is 8.43. The zero-order valence-corrected chi connectivity index (χ0v) is 10.8. The van der Waals surface area contributed by atoms with Crippen LogP contribution in [0.3, 0.4) is 0 Å². The Bertz CT molecular complexity index is 379. The fourth-order valence-corrected chi connectivity index (χ4v) is 3.05. The number of piperidine rings is 1. The summed E-state index contributed by atoms with van der Waals surface area (Å²) in [5.41, 5.74) is -0.165. The van der Waals surface area contributed by atoms with E-state index in [-0.39, 0.29) is 35.6 Å². The summed E-state index contributed by atoms with van der Waals surface area (Å²) in [5.74, 6) is -0.483. The standard InChI is InChI=1S/C13H20N2O3/c1-13(2)9-10(13)12(18)15(11(9)17)6-8(16)5-14-7-3-4-7/h7-10,14,16H,3-6H2,1-2H3. The van der Waals surface area contributed by atoms with Crippen molar-refractivity contribution in [3.05, 3.63) is 0 Å². The van der Waals surface area contributed by atoms with Crippen LogP contribution in [0, 0.1) is 17.3 Å². The minimum Gasteiger partial charge on any atom is -0.390 e. The largest absolute Gasteiger partial charge is 0.390 e. The fraction of sp³-hybridized carbons (Fsp3) is 0.846. The van der Waals surface area contributed by atoms with E-state index in [2.05, 4.69) is 5.32 Å². The number of nitrogens with one attached hydrogen (secondary N) is 1. The van der Waals surface area contributed by atoms with Crippen LogP contribution < -0.4 is 5.32 Å². The number of imide groups is 1. The summed E-state index contributed by atoms with van der Waals surface area (Å²) in [6.07, 6.45) is 1.67. The molecule has 2 saturated carbocycles. The van der Waals surface area contributed by atoms with Gasteiger partial charge in [-0.25, -0.2) is 0 Å². The van der Waals surface area contributed by atoms with Gasteiger partial charge in [-0.1, -0.05) is 13.8 Å². The highest BCUT2D eigenvalue weighted by molar-refractivity contribution is 6.10. The molecule has 1 saturated heterocycles. The molecule has 5 nitrogen and oxygen atoms in total. The average molecular weight is 252 g/mol. The smallest absolute Gasteiger partial charge is 0.233 e. The Morgan fingerprint density at radius 3 is 2.39 bits per heavy atom. The van der Waals surface area contributed by atoms with Crippen LogP contribution >= 0.6 is 0 Å². The fourth-order valence-electron chi connectivity index (χ4n) is 3.05. The number of likely N-dealkylation sites (tertiary alicyclic amines) is 1. The molecule has 3 atom stereocenters. The molecule has 2 aliphatic carbocycles. The number of hydrogen-bond donors (Lipinski definition) is 2. The second-order valence-electron chi connectivity index (χ2n) is 6.40. The van der Waals surface area contributed by atoms with Gasteiger partial charge < -0.3 is 10.4 Å². The van der Waals surface area contributed by atoms with Crippen LogP contribution in [-0.2, 0) is 9.59 Å². The average Bonchev–Trinajstić information content (AvgIpc) is 3.16. The number of nitrogens with zero attached hydrogens (tertiary/aromatic N) is 1. The molecule has 100 valence electrons. The summed E-state index contributed by atoms with van der Waals surface area (Å²) < 4.78 is 0. The summed E-state index contributed by atoms with van der Waals surface area (Å²) in [7, 11) is 0. The van der Waals surface area contributed by atoms with Gasteiger partial charge in [-0.05, 0) is 18.3 Å². The van der Waals surface area contributed by atoms with Gasteiger partial charge >= 0.3 is 0 Å². The van der Waals surface area contributed by atoms with Crippen molar-refractivity contribution in [2.75, 3.05) is 13.1 Å². The molecule has 1 aliphatic heterocycles. The lowest BCUT2D eigenvalue weighted by atomic mass is 10.1. The molecule has 1 heterocycles. The highest BCUT2D eigenvalue weighted by Crippen LogP contribution is 2.63. The third kappa shape index (κ3) is 1.77. The van der Waals surface area contributed by atoms with Crippen molar-refractivity contribution in [3.63, 3.8) is 0 Å². The Balaban J connectivity index is 1.54. The topological polar surface area (TPSA) is 69.6 Å². The maximum absolute atomic E-state index is 12.0. The van der Waals surface area contributed by atoms with Gasteiger partial charge in [0.2, 0.25) is 11.8 Å². The summed E-state index contributed by atoms with van der Waals surface area (Å²) in [4.78, 5) is 25.3. The van der Waals surface area contributed by atoms with Crippen LogP contribution in [0.5, 0.6) is 0 Å². The third-order valence-corrected chi connectivity index (χ3v) is 4.50. The normalized spacial score (nSPS) is 34.7. The molecular formula is C13H20N2O3. The number of aliphatic hydroxyl groups excluding tert-OH is 1. The Hall–Kier alpha value is -0.940. The molecule has 5 heteroatoms. The second-order valence-corrected chi connectivity index (χ2v) is 6.40. The van der Waals surface area contributed by atoms with E-state index in [1.54, 1.807) is 0 Å². The van der Waals surface area contributed by atoms with Gasteiger partial charge in [-0.2, -0.15) is 0 Å². The second kappa shape index (κ2) is 3.78. The summed E-state index contributed by atoms with van der Waals surface area (Å²) in [6, 6.07) is 0.525. The van der Waals surface area contributed by atoms with Crippen molar-refractivity contribution < 1.29 is 14.7 Å². The van der Waals surface area contributed by atoms with Crippen LogP contribution in [0.15, 0.2) is 0 Å². The van der Waals surface area contributed by atoms with E-state index in [1.165, 1.54) is 4.90 Å². The lowest BCUT2D eigenvalue weighted by Crippen LogP contribution is -2.44. The quantitative estimate of drug-likeness (QED) is 0.661. The molecule has 18 heavy (non-hydrogen) atoms. The van der Waals surface area contributed by atoms with E-state index in [4.69, 9.17) is 0 Å². The van der Waals surface area contributed by atoms with Crippen molar-refractivity contribution in [1.29, 1.82) is 0 Å². The molecule has 3 rings (SSSR count). The van der Waals surface area contributed by atoms with Gasteiger partial charge in [0, 0.05) is 12.6 Å². The molecule has 2 N–H and O–H groups in total. The predicted octanol–water partition coefficient (Wildman–Crippen LogP) is -0.260. The minimum atomic E-state index is -0.654. The monoisotopic (exact) mass is 252 g/mol. The summed E-state index contributed by atoms with van der Waals surface area (Å²) in [6.45, 7) is 4.52. The predicted molar refractivity (Wildman–Crippen MR) is 64.5 cm³/mol. The molecule has 0 radical (unpaired) electrons. The summed E-state index contributed by atoms with van der Waals surface area (Å²) in [5, 5.41) is 13.0. The Labute approximate surface area is 107 Å². The van der Waals surface area contributed by atoms with Crippen molar-refractivity contribution in [2.45, 2.75) is 38.8 Å². The van der Waals surface area contributed by atoms with Crippen LogP contribution in [0.4, 0.5) is 0 Å². The van der Waals surface area contributed by atoms with Gasteiger partial charge in [0.25, 0.3) is 0 Å². The van der Waals surface area contributed by atoms with E-state index in [0.717, 1.165) is 12.8 Å². The van der Waals surface area contributed by atoms with E-state index in [1.807, 2.05) is 13.8 Å². The van der Waals surface area contributed by atoms with Gasteiger partial charge in [-0.3, -0.25) is 14.5 Å². The number of amides is 2. The van der Waals surface area contributed by atoms with Crippen molar-refractivity contribution in [2.24, 2.45) is 17.3 Å². The van der Waals surface area contributed by atoms with Gasteiger partial charge in [-0.15, -0.1) is 0 Å². The molecule has 0 aromatic rings. The van der Waals surface area contributed by atoms with Crippen LogP contribution in [0.2, 0.25) is 0 Å². The third-order valence-electron chi connectivity index (χ3n) is 4.50. The number of carbonyl (C=O) groups is 2. The number of hydrogen-bond acceptors (Lipinski definition) is 4. The van der Waals surface area contributed by atoms with Crippen LogP contribution in [0.25, 0.3) is 0 Å². The van der Waals surface area contributed by atoms with E-state index in [0.29, 0.717) is 12.6 Å². The molecule has 0 bridgehead atoms. The Kier molecular flexibility index (Phi) is 2.54. The minimum absolute atomic E-state index is 0.0968. The first-order valence-electron chi connectivity index (χ1n) is 6.69. The number of β-amino-alcohol motifs (C(OH)–C–C–N with tert-alkyl or cyclic N) is 1. The summed E-state index contributed by atoms with van der Waals surface area (Å²) >= 11 is 0. The van der Waals surface area contributed by atoms with Crippen molar-refractivity contribution in [3.8, 4) is 0 Å². The lowest BCUT2D eigenvalue weighted by Gasteiger charge is -2.23. The molecule has 3 unspecified atom stereocenters. The Morgan fingerprint density at radius 1 is 1.33 bits per heavy atom. The van der Waals surface area contributed by atoms with Crippen molar-refractivity contribution in [1.82, 2.24) is 10.2 Å². The molecule has 3 fully saturated rings. The number of aliphatic hydroxyl groups is 1. The maximum atomic E-state index is 12.0. The van der Waals surface area contributed by atoms with Crippen molar-refractivity contribution >= 4 is 11.8 Å². The SMILES string of the molecule is CC1(C)C2C(=O)N(CC(O)CNC3CC3)C(=O)C21. The van der Waals surface area contributed by atoms with E-state index < -0.39 is 6.10 Å². The Morgan fingerprint density at radius 2 is 1.89 bits per heavy atom. The zero-order valence-electron chi connectivity index (χ0n) is 10.8. The maximum Gasteiger partial charge on any atom is 0.233 e. The first-order valence-corrected chi connectivity index (χ1v) is 6.69. The number of carbonyl (C=O) groups excluding carboxylic acids is 2. The van der Waals surface area contributed by atoms with Crippen LogP contribution in [-0.4, -0.2) is 47.1 Å². The van der Waals surface area contributed by atoms with Crippen LogP contribution in [0.1, 0.15) is 26.7 Å². The van der Waals surface area contributed by atoms with Gasteiger partial charge in [0.05, 0.1) is 24.5 Å². The molecule has 2 amide bonds. The number of rotatable bonds is 5. The zero-order chi connectivity index (χ0) is 13.1. The highest BCUT2D eigenvalue weighted by Gasteiger charge is 2.72. The molecule has 3 aliphatic rings. The van der Waals surface area contributed by atoms with E-state index in [9.17, 15) is 14.7 Å². The molecule has 0 aromatic heterocycles.